The molecule has 4 N–H and O–H groups in total. The maximum Gasteiger partial charge on any atom is 0.123 e. The van der Waals surface area contributed by atoms with Gasteiger partial charge in [-0.15, -0.1) is 0 Å². The lowest BCUT2D eigenvalue weighted by Gasteiger charge is -2.19. The van der Waals surface area contributed by atoms with E-state index in [0.29, 0.717) is 5.70 Å². The Morgan fingerprint density at radius 1 is 1.60 bits per heavy atom. The van der Waals surface area contributed by atoms with E-state index in [2.05, 4.69) is 0 Å². The topological polar surface area (TPSA) is 66.5 Å². The van der Waals surface area contributed by atoms with Crippen LogP contribution in [0.5, 0.6) is 0 Å². The third kappa shape index (κ3) is 1.14. The summed E-state index contributed by atoms with van der Waals surface area (Å²) in [4.78, 5) is 0. The predicted molar refractivity (Wildman–Crippen MR) is 38.2 cm³/mol. The molecule has 0 saturated carbocycles. The molecule has 0 saturated heterocycles. The summed E-state index contributed by atoms with van der Waals surface area (Å²) in [6.07, 6.45) is 2.29. The maximum atomic E-state index is 9.15. The minimum Gasteiger partial charge on any atom is -0.509 e. The molecule has 0 fully saturated rings. The molecule has 3 heteroatoms. The fourth-order valence-electron chi connectivity index (χ4n) is 0.968. The van der Waals surface area contributed by atoms with Gasteiger partial charge in [0.15, 0.2) is 0 Å². The van der Waals surface area contributed by atoms with Gasteiger partial charge in [0.2, 0.25) is 0 Å². The van der Waals surface area contributed by atoms with Crippen LogP contribution in [0, 0.1) is 5.92 Å². The molecule has 0 radical (unpaired) electrons. The summed E-state index contributed by atoms with van der Waals surface area (Å²) in [6.45, 7) is 1.79. The third-order valence-electron chi connectivity index (χ3n) is 1.57. The third-order valence-corrected chi connectivity index (χ3v) is 1.57. The molecular formula is C7H11NO2. The van der Waals surface area contributed by atoms with Crippen LogP contribution in [0.4, 0.5) is 0 Å². The number of aliphatic hydroxyl groups is 2. The zero-order valence-corrected chi connectivity index (χ0v) is 5.78. The van der Waals surface area contributed by atoms with E-state index in [4.69, 9.17) is 15.9 Å². The van der Waals surface area contributed by atoms with Crippen molar-refractivity contribution >= 4 is 0 Å². The van der Waals surface area contributed by atoms with E-state index in [1.54, 1.807) is 13.0 Å². The molecular weight excluding hydrogens is 130 g/mol. The Morgan fingerprint density at radius 3 is 2.70 bits per heavy atom. The lowest BCUT2D eigenvalue weighted by molar-refractivity contribution is 0.119. The number of allylic oxidation sites excluding steroid dienone is 1. The quantitative estimate of drug-likeness (QED) is 0.454. The average Bonchev–Trinajstić information content (AvgIpc) is 1.82. The number of rotatable bonds is 0. The molecule has 1 unspecified atom stereocenters. The first-order chi connectivity index (χ1) is 4.61. The Morgan fingerprint density at radius 2 is 2.20 bits per heavy atom. The first-order valence-corrected chi connectivity index (χ1v) is 3.17. The van der Waals surface area contributed by atoms with Gasteiger partial charge in [-0.05, 0) is 0 Å². The summed E-state index contributed by atoms with van der Waals surface area (Å²) in [5.74, 6) is -0.141. The lowest BCUT2D eigenvalue weighted by atomic mass is 9.97. The summed E-state index contributed by atoms with van der Waals surface area (Å²) >= 11 is 0. The highest BCUT2D eigenvalue weighted by molar-refractivity contribution is 5.26. The van der Waals surface area contributed by atoms with Gasteiger partial charge in [0.05, 0.1) is 0 Å². The second-order valence-electron chi connectivity index (χ2n) is 2.54. The SMILES string of the molecule is C[C@H]1C=C(N)C=C(O)C1O. The van der Waals surface area contributed by atoms with Gasteiger partial charge >= 0.3 is 0 Å². The van der Waals surface area contributed by atoms with Crippen LogP contribution >= 0.6 is 0 Å². The Balaban J connectivity index is 2.85. The van der Waals surface area contributed by atoms with E-state index in [0.717, 1.165) is 0 Å². The molecule has 0 bridgehead atoms. The van der Waals surface area contributed by atoms with Crippen LogP contribution in [0.15, 0.2) is 23.6 Å². The van der Waals surface area contributed by atoms with Crippen molar-refractivity contribution in [1.82, 2.24) is 0 Å². The molecule has 0 aromatic heterocycles. The van der Waals surface area contributed by atoms with Crippen molar-refractivity contribution < 1.29 is 10.2 Å². The van der Waals surface area contributed by atoms with Gasteiger partial charge in [-0.25, -0.2) is 0 Å². The molecule has 1 rings (SSSR count). The van der Waals surface area contributed by atoms with Crippen molar-refractivity contribution in [1.29, 1.82) is 0 Å². The Labute approximate surface area is 59.5 Å². The smallest absolute Gasteiger partial charge is 0.123 e. The van der Waals surface area contributed by atoms with Gasteiger partial charge < -0.3 is 15.9 Å². The summed E-state index contributed by atoms with van der Waals surface area (Å²) in [6, 6.07) is 0. The van der Waals surface area contributed by atoms with E-state index in [-0.39, 0.29) is 11.7 Å². The molecule has 10 heavy (non-hydrogen) atoms. The highest BCUT2D eigenvalue weighted by Gasteiger charge is 2.19. The van der Waals surface area contributed by atoms with Crippen molar-refractivity contribution in [3.05, 3.63) is 23.6 Å². The van der Waals surface area contributed by atoms with E-state index in [1.807, 2.05) is 0 Å². The van der Waals surface area contributed by atoms with Gasteiger partial charge in [-0.2, -0.15) is 0 Å². The maximum absolute atomic E-state index is 9.15. The molecule has 0 spiro atoms. The number of hydrogen-bond acceptors (Lipinski definition) is 3. The zero-order valence-electron chi connectivity index (χ0n) is 5.78. The zero-order chi connectivity index (χ0) is 7.72. The van der Waals surface area contributed by atoms with Gasteiger partial charge in [-0.3, -0.25) is 0 Å². The monoisotopic (exact) mass is 141 g/mol. The molecule has 0 aliphatic heterocycles. The van der Waals surface area contributed by atoms with E-state index >= 15 is 0 Å². The molecule has 2 atom stereocenters. The van der Waals surface area contributed by atoms with Crippen LogP contribution in [-0.4, -0.2) is 16.3 Å². The number of nitrogens with two attached hydrogens (primary N) is 1. The van der Waals surface area contributed by atoms with Crippen molar-refractivity contribution in [3.63, 3.8) is 0 Å². The lowest BCUT2D eigenvalue weighted by Crippen LogP contribution is -2.23. The molecule has 1 aliphatic rings. The minimum absolute atomic E-state index is 0.0486. The second-order valence-corrected chi connectivity index (χ2v) is 2.54. The fourth-order valence-corrected chi connectivity index (χ4v) is 0.968. The van der Waals surface area contributed by atoms with Crippen LogP contribution in [0.1, 0.15) is 6.92 Å². The first kappa shape index (κ1) is 7.15. The molecule has 0 aromatic carbocycles. The van der Waals surface area contributed by atoms with E-state index in [1.165, 1.54) is 6.08 Å². The average molecular weight is 141 g/mol. The molecule has 0 heterocycles. The van der Waals surface area contributed by atoms with Crippen molar-refractivity contribution in [2.24, 2.45) is 11.7 Å². The van der Waals surface area contributed by atoms with Crippen molar-refractivity contribution in [3.8, 4) is 0 Å². The second kappa shape index (κ2) is 2.34. The first-order valence-electron chi connectivity index (χ1n) is 3.17. The van der Waals surface area contributed by atoms with Crippen molar-refractivity contribution in [2.75, 3.05) is 0 Å². The van der Waals surface area contributed by atoms with E-state index in [9.17, 15) is 0 Å². The van der Waals surface area contributed by atoms with E-state index < -0.39 is 6.10 Å². The summed E-state index contributed by atoms with van der Waals surface area (Å²) < 4.78 is 0. The summed E-state index contributed by atoms with van der Waals surface area (Å²) in [7, 11) is 0. The van der Waals surface area contributed by atoms with Crippen LogP contribution < -0.4 is 5.73 Å². The predicted octanol–water partition coefficient (Wildman–Crippen LogP) is 0.282. The Hall–Kier alpha value is -0.960. The van der Waals surface area contributed by atoms with Gasteiger partial charge in [0, 0.05) is 17.7 Å². The largest absolute Gasteiger partial charge is 0.509 e. The van der Waals surface area contributed by atoms with Crippen LogP contribution in [0.2, 0.25) is 0 Å². The summed E-state index contributed by atoms with van der Waals surface area (Å²) in [5, 5.41) is 18.2. The highest BCUT2D eigenvalue weighted by Crippen LogP contribution is 2.18. The molecule has 56 valence electrons. The van der Waals surface area contributed by atoms with Gasteiger partial charge in [-0.1, -0.05) is 13.0 Å². The van der Waals surface area contributed by atoms with Crippen molar-refractivity contribution in [2.45, 2.75) is 13.0 Å². The number of hydrogen-bond donors (Lipinski definition) is 3. The minimum atomic E-state index is -0.785. The van der Waals surface area contributed by atoms with Gasteiger partial charge in [0.1, 0.15) is 11.9 Å². The molecule has 1 aliphatic carbocycles. The normalized spacial score (nSPS) is 33.0. The molecule has 0 aromatic rings. The fraction of sp³-hybridized carbons (Fsp3) is 0.429. The Kier molecular flexibility index (Phi) is 1.68. The van der Waals surface area contributed by atoms with Crippen LogP contribution in [-0.2, 0) is 0 Å². The molecule has 0 amide bonds. The van der Waals surface area contributed by atoms with Crippen LogP contribution in [0.25, 0.3) is 0 Å². The Bertz CT molecular complexity index is 196. The standard InChI is InChI=1S/C7H11NO2/c1-4-2-5(8)3-6(9)7(4)10/h2-4,7,9-10H,8H2,1H3/t4-,7?/m0/s1. The van der Waals surface area contributed by atoms with Gasteiger partial charge in [0.25, 0.3) is 0 Å². The number of aliphatic hydroxyl groups excluding tert-OH is 2. The highest BCUT2D eigenvalue weighted by atomic mass is 16.3. The summed E-state index contributed by atoms with van der Waals surface area (Å²) in [5.41, 5.74) is 5.90. The van der Waals surface area contributed by atoms with Crippen LogP contribution in [0.3, 0.4) is 0 Å². The molecule has 3 nitrogen and oxygen atoms in total.